The van der Waals surface area contributed by atoms with Crippen LogP contribution in [0.1, 0.15) is 0 Å². The van der Waals surface area contributed by atoms with E-state index in [0.29, 0.717) is 5.69 Å². The number of ether oxygens (including phenoxy) is 1. The summed E-state index contributed by atoms with van der Waals surface area (Å²) in [6.07, 6.45) is -0.983. The number of methoxy groups -OCH3 is 1. The number of aliphatic hydroxyl groups is 1. The minimum atomic E-state index is -4.69. The third-order valence-corrected chi connectivity index (χ3v) is 2.59. The number of halogens is 1. The lowest BCUT2D eigenvalue weighted by Crippen LogP contribution is -2.19. The van der Waals surface area contributed by atoms with Crippen LogP contribution in [0.4, 0.5) is 5.69 Å². The molecule has 1 rings (SSSR count). The summed E-state index contributed by atoms with van der Waals surface area (Å²) < 4.78 is 20.1. The van der Waals surface area contributed by atoms with Crippen molar-refractivity contribution in [1.29, 1.82) is 0 Å². The first-order valence-electron chi connectivity index (χ1n) is 4.79. The standard InChI is InChI=1S/C9H13ClNO6P/c1-16-7-3-2-6(11-9(12)5-10)4-8(7)17-18(13,14)15/h2-4,9,11-12H,5H2,1H3,(H2,13,14,15). The van der Waals surface area contributed by atoms with E-state index in [1.54, 1.807) is 6.07 Å². The molecule has 0 aliphatic heterocycles. The van der Waals surface area contributed by atoms with Crippen LogP contribution in [0.3, 0.4) is 0 Å². The maximum Gasteiger partial charge on any atom is 0.524 e. The highest BCUT2D eigenvalue weighted by Crippen LogP contribution is 2.42. The van der Waals surface area contributed by atoms with Gasteiger partial charge < -0.3 is 19.7 Å². The SMILES string of the molecule is COc1ccc(NC(O)CCl)cc1OP(=O)(O)O. The Morgan fingerprint density at radius 1 is 1.44 bits per heavy atom. The molecular formula is C9H13ClNO6P. The van der Waals surface area contributed by atoms with E-state index in [1.807, 2.05) is 0 Å². The Labute approximate surface area is 109 Å². The summed E-state index contributed by atoms with van der Waals surface area (Å²) in [4.78, 5) is 17.5. The predicted molar refractivity (Wildman–Crippen MR) is 66.0 cm³/mol. The van der Waals surface area contributed by atoms with Crippen LogP contribution in [0.25, 0.3) is 0 Å². The molecule has 0 aromatic heterocycles. The number of hydrogen-bond acceptors (Lipinski definition) is 5. The van der Waals surface area contributed by atoms with Gasteiger partial charge in [-0.2, -0.15) is 0 Å². The quantitative estimate of drug-likeness (QED) is 0.354. The molecule has 0 aliphatic rings. The number of phosphoric acid groups is 1. The second kappa shape index (κ2) is 6.26. The van der Waals surface area contributed by atoms with E-state index in [0.717, 1.165) is 0 Å². The van der Waals surface area contributed by atoms with Crippen LogP contribution in [-0.2, 0) is 4.57 Å². The summed E-state index contributed by atoms with van der Waals surface area (Å²) in [5.74, 6) is -0.0254. The van der Waals surface area contributed by atoms with Crippen molar-refractivity contribution in [2.24, 2.45) is 0 Å². The zero-order valence-corrected chi connectivity index (χ0v) is 11.1. The van der Waals surface area contributed by atoms with E-state index in [2.05, 4.69) is 9.84 Å². The van der Waals surface area contributed by atoms with Crippen LogP contribution in [-0.4, -0.2) is 34.1 Å². The number of hydrogen-bond donors (Lipinski definition) is 4. The minimum absolute atomic E-state index is 0.0410. The van der Waals surface area contributed by atoms with E-state index < -0.39 is 14.1 Å². The fourth-order valence-electron chi connectivity index (χ4n) is 1.20. The monoisotopic (exact) mass is 297 g/mol. The zero-order chi connectivity index (χ0) is 13.8. The Hall–Kier alpha value is -0.980. The van der Waals surface area contributed by atoms with Gasteiger partial charge in [0.25, 0.3) is 0 Å². The van der Waals surface area contributed by atoms with Gasteiger partial charge in [0.2, 0.25) is 0 Å². The van der Waals surface area contributed by atoms with Crippen LogP contribution in [0.2, 0.25) is 0 Å². The molecule has 1 unspecified atom stereocenters. The van der Waals surface area contributed by atoms with Crippen molar-refractivity contribution in [2.45, 2.75) is 6.23 Å². The lowest BCUT2D eigenvalue weighted by molar-refractivity contribution is 0.227. The molecule has 0 amide bonds. The van der Waals surface area contributed by atoms with Crippen molar-refractivity contribution in [3.05, 3.63) is 18.2 Å². The summed E-state index contributed by atoms with van der Waals surface area (Å²) in [7, 11) is -3.35. The number of aliphatic hydroxyl groups excluding tert-OH is 1. The summed E-state index contributed by atoms with van der Waals surface area (Å²) in [5.41, 5.74) is 0.382. The summed E-state index contributed by atoms with van der Waals surface area (Å²) in [6.45, 7) is 0. The molecule has 0 aliphatic carbocycles. The van der Waals surface area contributed by atoms with E-state index in [9.17, 15) is 9.67 Å². The molecule has 1 atom stereocenters. The fourth-order valence-corrected chi connectivity index (χ4v) is 1.67. The van der Waals surface area contributed by atoms with Crippen LogP contribution in [0.5, 0.6) is 11.5 Å². The number of anilines is 1. The highest BCUT2D eigenvalue weighted by Gasteiger charge is 2.19. The Bertz CT molecular complexity index is 451. The largest absolute Gasteiger partial charge is 0.524 e. The molecule has 0 saturated carbocycles. The number of benzene rings is 1. The van der Waals surface area contributed by atoms with Gasteiger partial charge in [0.1, 0.15) is 6.23 Å². The number of phosphoric ester groups is 1. The van der Waals surface area contributed by atoms with Crippen LogP contribution >= 0.6 is 19.4 Å². The summed E-state index contributed by atoms with van der Waals surface area (Å²) in [5, 5.41) is 11.9. The molecule has 4 N–H and O–H groups in total. The normalized spacial score (nSPS) is 12.9. The van der Waals surface area contributed by atoms with E-state index in [1.165, 1.54) is 19.2 Å². The highest BCUT2D eigenvalue weighted by molar-refractivity contribution is 7.46. The molecule has 0 heterocycles. The Kier molecular flexibility index (Phi) is 5.25. The minimum Gasteiger partial charge on any atom is -0.493 e. The van der Waals surface area contributed by atoms with Crippen molar-refractivity contribution in [2.75, 3.05) is 18.3 Å². The first-order valence-corrected chi connectivity index (χ1v) is 6.86. The van der Waals surface area contributed by atoms with Crippen molar-refractivity contribution in [1.82, 2.24) is 0 Å². The molecule has 18 heavy (non-hydrogen) atoms. The Balaban J connectivity index is 2.98. The molecular weight excluding hydrogens is 285 g/mol. The van der Waals surface area contributed by atoms with Gasteiger partial charge in [0.15, 0.2) is 11.5 Å². The zero-order valence-electron chi connectivity index (χ0n) is 9.41. The topological polar surface area (TPSA) is 108 Å². The molecule has 0 saturated heterocycles. The maximum absolute atomic E-state index is 10.8. The van der Waals surface area contributed by atoms with Gasteiger partial charge in [-0.3, -0.25) is 9.79 Å². The average molecular weight is 298 g/mol. The first-order chi connectivity index (χ1) is 8.35. The molecule has 0 bridgehead atoms. The summed E-state index contributed by atoms with van der Waals surface area (Å²) in [6, 6.07) is 4.27. The van der Waals surface area contributed by atoms with Gasteiger partial charge in [0, 0.05) is 11.8 Å². The average Bonchev–Trinajstić information content (AvgIpc) is 2.27. The molecule has 7 nitrogen and oxygen atoms in total. The summed E-state index contributed by atoms with van der Waals surface area (Å²) >= 11 is 5.41. The van der Waals surface area contributed by atoms with Gasteiger partial charge in [-0.1, -0.05) is 0 Å². The Morgan fingerprint density at radius 2 is 2.11 bits per heavy atom. The van der Waals surface area contributed by atoms with Gasteiger partial charge in [-0.15, -0.1) is 11.6 Å². The van der Waals surface area contributed by atoms with E-state index in [4.69, 9.17) is 26.1 Å². The molecule has 9 heteroatoms. The van der Waals surface area contributed by atoms with Crippen LogP contribution in [0.15, 0.2) is 18.2 Å². The smallest absolute Gasteiger partial charge is 0.493 e. The molecule has 0 fully saturated rings. The molecule has 0 radical (unpaired) electrons. The molecule has 0 spiro atoms. The number of alkyl halides is 1. The lowest BCUT2D eigenvalue weighted by Gasteiger charge is -2.15. The Morgan fingerprint density at radius 3 is 2.61 bits per heavy atom. The second-order valence-electron chi connectivity index (χ2n) is 3.26. The van der Waals surface area contributed by atoms with E-state index >= 15 is 0 Å². The van der Waals surface area contributed by atoms with Crippen molar-refractivity contribution in [3.8, 4) is 11.5 Å². The van der Waals surface area contributed by atoms with Gasteiger partial charge in [-0.25, -0.2) is 4.57 Å². The first kappa shape index (κ1) is 15.1. The van der Waals surface area contributed by atoms with Crippen molar-refractivity contribution < 1.29 is 28.7 Å². The van der Waals surface area contributed by atoms with E-state index in [-0.39, 0.29) is 17.4 Å². The molecule has 1 aromatic rings. The molecule has 1 aromatic carbocycles. The second-order valence-corrected chi connectivity index (χ2v) is 4.73. The van der Waals surface area contributed by atoms with Gasteiger partial charge in [-0.05, 0) is 12.1 Å². The van der Waals surface area contributed by atoms with Crippen LogP contribution < -0.4 is 14.6 Å². The third-order valence-electron chi connectivity index (χ3n) is 1.86. The number of rotatable bonds is 6. The third kappa shape index (κ3) is 4.72. The van der Waals surface area contributed by atoms with Crippen LogP contribution in [0, 0.1) is 0 Å². The highest BCUT2D eigenvalue weighted by atomic mass is 35.5. The van der Waals surface area contributed by atoms with Crippen molar-refractivity contribution >= 4 is 25.1 Å². The maximum atomic E-state index is 10.8. The predicted octanol–water partition coefficient (Wildman–Crippen LogP) is 1.14. The lowest BCUT2D eigenvalue weighted by atomic mass is 10.2. The van der Waals surface area contributed by atoms with Gasteiger partial charge >= 0.3 is 7.82 Å². The number of nitrogens with one attached hydrogen (secondary N) is 1. The fraction of sp³-hybridized carbons (Fsp3) is 0.333. The molecule has 102 valence electrons. The van der Waals surface area contributed by atoms with Crippen molar-refractivity contribution in [3.63, 3.8) is 0 Å². The van der Waals surface area contributed by atoms with Gasteiger partial charge in [0.05, 0.1) is 13.0 Å².